The summed E-state index contributed by atoms with van der Waals surface area (Å²) in [6.07, 6.45) is 4.81. The van der Waals surface area contributed by atoms with Crippen LogP contribution in [0.25, 0.3) is 0 Å². The maximum atomic E-state index is 13.1. The lowest BCUT2D eigenvalue weighted by Crippen LogP contribution is -2.20. The van der Waals surface area contributed by atoms with E-state index in [-0.39, 0.29) is 17.6 Å². The van der Waals surface area contributed by atoms with Crippen molar-refractivity contribution in [2.24, 2.45) is 0 Å². The van der Waals surface area contributed by atoms with Crippen molar-refractivity contribution in [1.29, 1.82) is 0 Å². The van der Waals surface area contributed by atoms with E-state index in [2.05, 4.69) is 12.2 Å². The highest BCUT2D eigenvalue weighted by Crippen LogP contribution is 2.24. The summed E-state index contributed by atoms with van der Waals surface area (Å²) in [7, 11) is 0. The average Bonchev–Trinajstić information content (AvgIpc) is 2.32. The van der Waals surface area contributed by atoms with E-state index in [1.807, 2.05) is 6.92 Å². The molecule has 0 saturated carbocycles. The third-order valence-electron chi connectivity index (χ3n) is 2.94. The number of phenols is 1. The fourth-order valence-electron chi connectivity index (χ4n) is 1.85. The van der Waals surface area contributed by atoms with E-state index in [0.29, 0.717) is 5.56 Å². The molecule has 0 aliphatic heterocycles. The number of nitrogens with one attached hydrogen (secondary N) is 1. The molecule has 0 saturated heterocycles. The highest BCUT2D eigenvalue weighted by atomic mass is 19.1. The van der Waals surface area contributed by atoms with Gasteiger partial charge in [-0.3, -0.25) is 0 Å². The van der Waals surface area contributed by atoms with Gasteiger partial charge in [0.1, 0.15) is 11.6 Å². The normalized spacial score (nSPS) is 12.6. The van der Waals surface area contributed by atoms with E-state index in [1.54, 1.807) is 0 Å². The quantitative estimate of drug-likeness (QED) is 0.710. The molecule has 0 aliphatic rings. The molecule has 0 aliphatic carbocycles. The Hall–Kier alpha value is -1.09. The lowest BCUT2D eigenvalue weighted by atomic mass is 10.1. The first-order valence-electron chi connectivity index (χ1n) is 6.37. The maximum Gasteiger partial charge on any atom is 0.123 e. The first kappa shape index (κ1) is 14.0. The third-order valence-corrected chi connectivity index (χ3v) is 2.94. The van der Waals surface area contributed by atoms with Crippen molar-refractivity contribution in [1.82, 2.24) is 5.32 Å². The Bertz CT molecular complexity index is 341. The van der Waals surface area contributed by atoms with Gasteiger partial charge in [-0.2, -0.15) is 0 Å². The summed E-state index contributed by atoms with van der Waals surface area (Å²) in [6, 6.07) is 4.04. The molecular weight excluding hydrogens is 217 g/mol. The van der Waals surface area contributed by atoms with Gasteiger partial charge in [0.2, 0.25) is 0 Å². The summed E-state index contributed by atoms with van der Waals surface area (Å²) in [5, 5.41) is 12.9. The molecule has 0 radical (unpaired) electrons. The van der Waals surface area contributed by atoms with Gasteiger partial charge in [0.15, 0.2) is 0 Å². The molecular formula is C14H22FNO. The van der Waals surface area contributed by atoms with Gasteiger partial charge in [-0.1, -0.05) is 26.2 Å². The first-order chi connectivity index (χ1) is 8.15. The zero-order valence-electron chi connectivity index (χ0n) is 10.7. The smallest absolute Gasteiger partial charge is 0.123 e. The Kier molecular flexibility index (Phi) is 5.98. The van der Waals surface area contributed by atoms with E-state index < -0.39 is 0 Å². The molecule has 0 fully saturated rings. The Morgan fingerprint density at radius 1 is 1.29 bits per heavy atom. The van der Waals surface area contributed by atoms with Crippen LogP contribution < -0.4 is 5.32 Å². The molecule has 0 bridgehead atoms. The van der Waals surface area contributed by atoms with Crippen LogP contribution in [0.3, 0.4) is 0 Å². The standard InChI is InChI=1S/C14H22FNO/c1-3-4-5-6-9-16-11(2)13-10-12(15)7-8-14(13)17/h7-8,10-11,16-17H,3-6,9H2,1-2H3. The number of rotatable bonds is 7. The molecule has 96 valence electrons. The van der Waals surface area contributed by atoms with Crippen molar-refractivity contribution in [2.75, 3.05) is 6.54 Å². The van der Waals surface area contributed by atoms with Gasteiger partial charge >= 0.3 is 0 Å². The second-order valence-corrected chi connectivity index (χ2v) is 4.44. The van der Waals surface area contributed by atoms with Crippen LogP contribution in [-0.4, -0.2) is 11.7 Å². The Labute approximate surface area is 103 Å². The maximum absolute atomic E-state index is 13.1. The topological polar surface area (TPSA) is 32.3 Å². The van der Waals surface area contributed by atoms with Gasteiger partial charge < -0.3 is 10.4 Å². The molecule has 17 heavy (non-hydrogen) atoms. The van der Waals surface area contributed by atoms with Crippen molar-refractivity contribution in [3.63, 3.8) is 0 Å². The van der Waals surface area contributed by atoms with Crippen molar-refractivity contribution >= 4 is 0 Å². The highest BCUT2D eigenvalue weighted by molar-refractivity contribution is 5.34. The molecule has 3 heteroatoms. The van der Waals surface area contributed by atoms with Gasteiger partial charge in [0.05, 0.1) is 0 Å². The van der Waals surface area contributed by atoms with Crippen molar-refractivity contribution in [2.45, 2.75) is 45.6 Å². The van der Waals surface area contributed by atoms with Gasteiger partial charge in [-0.15, -0.1) is 0 Å². The van der Waals surface area contributed by atoms with Crippen LogP contribution in [0, 0.1) is 5.82 Å². The van der Waals surface area contributed by atoms with Crippen LogP contribution in [0.1, 0.15) is 51.1 Å². The van der Waals surface area contributed by atoms with Crippen molar-refractivity contribution < 1.29 is 9.50 Å². The number of aromatic hydroxyl groups is 1. The second kappa shape index (κ2) is 7.28. The van der Waals surface area contributed by atoms with E-state index in [9.17, 15) is 9.50 Å². The minimum Gasteiger partial charge on any atom is -0.508 e. The highest BCUT2D eigenvalue weighted by Gasteiger charge is 2.10. The number of hydrogen-bond acceptors (Lipinski definition) is 2. The first-order valence-corrected chi connectivity index (χ1v) is 6.37. The van der Waals surface area contributed by atoms with E-state index >= 15 is 0 Å². The molecule has 1 rings (SSSR count). The Balaban J connectivity index is 2.41. The van der Waals surface area contributed by atoms with Gasteiger partial charge in [-0.25, -0.2) is 4.39 Å². The average molecular weight is 239 g/mol. The predicted octanol–water partition coefficient (Wildman–Crippen LogP) is 3.76. The summed E-state index contributed by atoms with van der Waals surface area (Å²) in [5.74, 6) is -0.155. The zero-order valence-corrected chi connectivity index (χ0v) is 10.7. The molecule has 0 spiro atoms. The molecule has 1 aromatic carbocycles. The van der Waals surface area contributed by atoms with Crippen molar-refractivity contribution in [3.05, 3.63) is 29.6 Å². The largest absolute Gasteiger partial charge is 0.508 e. The van der Waals surface area contributed by atoms with Crippen LogP contribution in [0.15, 0.2) is 18.2 Å². The Morgan fingerprint density at radius 3 is 2.76 bits per heavy atom. The van der Waals surface area contributed by atoms with Crippen LogP contribution >= 0.6 is 0 Å². The summed E-state index contributed by atoms with van der Waals surface area (Å²) < 4.78 is 13.1. The fraction of sp³-hybridized carbons (Fsp3) is 0.571. The van der Waals surface area contributed by atoms with Gasteiger partial charge in [0, 0.05) is 11.6 Å². The summed E-state index contributed by atoms with van der Waals surface area (Å²) >= 11 is 0. The molecule has 0 aromatic heterocycles. The van der Waals surface area contributed by atoms with Gasteiger partial charge in [0.25, 0.3) is 0 Å². The zero-order chi connectivity index (χ0) is 12.7. The number of hydrogen-bond donors (Lipinski definition) is 2. The lowest BCUT2D eigenvalue weighted by molar-refractivity contribution is 0.447. The summed E-state index contributed by atoms with van der Waals surface area (Å²) in [5.41, 5.74) is 0.625. The predicted molar refractivity (Wildman–Crippen MR) is 68.6 cm³/mol. The molecule has 2 nitrogen and oxygen atoms in total. The fourth-order valence-corrected chi connectivity index (χ4v) is 1.85. The minimum absolute atomic E-state index is 0.0210. The minimum atomic E-state index is -0.308. The molecule has 2 N–H and O–H groups in total. The van der Waals surface area contributed by atoms with E-state index in [1.165, 1.54) is 37.5 Å². The summed E-state index contributed by atoms with van der Waals surface area (Å²) in [6.45, 7) is 5.02. The number of halogens is 1. The van der Waals surface area contributed by atoms with E-state index in [4.69, 9.17) is 0 Å². The number of phenolic OH excluding ortho intramolecular Hbond substituents is 1. The molecule has 1 unspecified atom stereocenters. The van der Waals surface area contributed by atoms with E-state index in [0.717, 1.165) is 13.0 Å². The van der Waals surface area contributed by atoms with Crippen LogP contribution in [0.4, 0.5) is 4.39 Å². The molecule has 0 amide bonds. The van der Waals surface area contributed by atoms with Crippen LogP contribution in [0.5, 0.6) is 5.75 Å². The molecule has 1 aromatic rings. The Morgan fingerprint density at radius 2 is 2.06 bits per heavy atom. The molecule has 0 heterocycles. The molecule has 1 atom stereocenters. The monoisotopic (exact) mass is 239 g/mol. The van der Waals surface area contributed by atoms with Gasteiger partial charge in [-0.05, 0) is 38.1 Å². The lowest BCUT2D eigenvalue weighted by Gasteiger charge is -2.15. The van der Waals surface area contributed by atoms with Crippen LogP contribution in [0.2, 0.25) is 0 Å². The number of unbranched alkanes of at least 4 members (excludes halogenated alkanes) is 3. The van der Waals surface area contributed by atoms with Crippen molar-refractivity contribution in [3.8, 4) is 5.75 Å². The third kappa shape index (κ3) is 4.73. The van der Waals surface area contributed by atoms with Crippen LogP contribution in [-0.2, 0) is 0 Å². The second-order valence-electron chi connectivity index (χ2n) is 4.44. The SMILES string of the molecule is CCCCCCNC(C)c1cc(F)ccc1O. The number of benzene rings is 1. The summed E-state index contributed by atoms with van der Waals surface area (Å²) in [4.78, 5) is 0.